The summed E-state index contributed by atoms with van der Waals surface area (Å²) in [7, 11) is 0. The van der Waals surface area contributed by atoms with E-state index < -0.39 is 29.2 Å². The number of aliphatic carboxylic acids is 1. The van der Waals surface area contributed by atoms with Gasteiger partial charge in [0.05, 0.1) is 17.1 Å². The Morgan fingerprint density at radius 3 is 2.37 bits per heavy atom. The normalized spacial score (nSPS) is 38.4. The highest BCUT2D eigenvalue weighted by molar-refractivity contribution is 6.01. The largest absolute Gasteiger partial charge is 0.481 e. The summed E-state index contributed by atoms with van der Waals surface area (Å²) in [5.41, 5.74) is 0.0237. The van der Waals surface area contributed by atoms with Gasteiger partial charge in [-0.05, 0) is 90.0 Å². The predicted molar refractivity (Wildman–Crippen MR) is 149 cm³/mol. The van der Waals surface area contributed by atoms with Crippen LogP contribution in [0.15, 0.2) is 47.1 Å². The molecule has 0 aromatic heterocycles. The molecule has 3 saturated carbocycles. The summed E-state index contributed by atoms with van der Waals surface area (Å²) in [6.45, 7) is 15.9. The van der Waals surface area contributed by atoms with Crippen LogP contribution >= 0.6 is 0 Å². The van der Waals surface area contributed by atoms with Crippen LogP contribution in [0.2, 0.25) is 0 Å². The lowest BCUT2D eigenvalue weighted by atomic mass is 9.43. The highest BCUT2D eigenvalue weighted by Gasteiger charge is 2.67. The average molecular weight is 529 g/mol. The first-order valence-corrected chi connectivity index (χ1v) is 14.1. The number of ether oxygens (including phenoxy) is 1. The molecule has 3 aliphatic rings. The van der Waals surface area contributed by atoms with E-state index in [-0.39, 0.29) is 28.4 Å². The van der Waals surface area contributed by atoms with Crippen molar-refractivity contribution in [3.8, 4) is 0 Å². The molecule has 3 fully saturated rings. The Morgan fingerprint density at radius 1 is 1.13 bits per heavy atom. The molecule has 0 aromatic carbocycles. The van der Waals surface area contributed by atoms with E-state index in [9.17, 15) is 24.9 Å². The standard InChI is InChI=1S/C32H48O6/c1-9-38-26(29(4,5)37)14-13-20(2)11-10-12-21(3)27-22(33)19-24-30(6)18-16-25(34)32(8,28(35)36)23(30)15-17-31(24,27)7/h10-14,23-26,34,37H,9,15-19H2,1-8H3,(H,35,36)/b12-10+,14-13+,20-11+,27-21+/t23-,24+,25-,26?,30+,31+,32-/m1/s1. The zero-order valence-corrected chi connectivity index (χ0v) is 24.5. The summed E-state index contributed by atoms with van der Waals surface area (Å²) in [6, 6.07) is 0. The lowest BCUT2D eigenvalue weighted by Crippen LogP contribution is -2.61. The molecule has 0 saturated heterocycles. The first kappa shape index (κ1) is 30.5. The van der Waals surface area contributed by atoms with Gasteiger partial charge in [-0.25, -0.2) is 0 Å². The van der Waals surface area contributed by atoms with Crippen molar-refractivity contribution in [2.24, 2.45) is 28.1 Å². The Morgan fingerprint density at radius 2 is 1.79 bits per heavy atom. The van der Waals surface area contributed by atoms with Crippen molar-refractivity contribution in [2.75, 3.05) is 6.61 Å². The van der Waals surface area contributed by atoms with Gasteiger partial charge in [-0.2, -0.15) is 0 Å². The molecule has 38 heavy (non-hydrogen) atoms. The van der Waals surface area contributed by atoms with Crippen molar-refractivity contribution in [1.82, 2.24) is 0 Å². The summed E-state index contributed by atoms with van der Waals surface area (Å²) < 4.78 is 5.64. The summed E-state index contributed by atoms with van der Waals surface area (Å²) >= 11 is 0. The van der Waals surface area contributed by atoms with Crippen LogP contribution in [0, 0.1) is 28.1 Å². The Hall–Kier alpha value is -2.02. The van der Waals surface area contributed by atoms with Gasteiger partial charge in [0, 0.05) is 24.0 Å². The Bertz CT molecular complexity index is 1060. The first-order valence-electron chi connectivity index (χ1n) is 14.1. The number of rotatable bonds is 8. The summed E-state index contributed by atoms with van der Waals surface area (Å²) in [5, 5.41) is 31.2. The Balaban J connectivity index is 1.87. The smallest absolute Gasteiger partial charge is 0.312 e. The quantitative estimate of drug-likeness (QED) is 0.272. The maximum Gasteiger partial charge on any atom is 0.312 e. The fraction of sp³-hybridized carbons (Fsp3) is 0.688. The fourth-order valence-electron chi connectivity index (χ4n) is 7.95. The summed E-state index contributed by atoms with van der Waals surface area (Å²) in [4.78, 5) is 25.8. The molecule has 3 N–H and O–H groups in total. The highest BCUT2D eigenvalue weighted by Crippen LogP contribution is 2.69. The molecule has 0 spiro atoms. The van der Waals surface area contributed by atoms with Gasteiger partial charge in [0.25, 0.3) is 0 Å². The zero-order chi connectivity index (χ0) is 28.7. The van der Waals surface area contributed by atoms with Gasteiger partial charge >= 0.3 is 5.97 Å². The second-order valence-electron chi connectivity index (χ2n) is 13.1. The SMILES string of the molecule is CCOC(/C=C/C(C)=C/C=C/C(C)=C1\C(=O)C[C@H]2[C@@]3(C)CC[C@@H](O)[C@](C)(C(=O)O)[C@@H]3CC[C@]12C)C(C)(C)O. The molecule has 6 heteroatoms. The monoisotopic (exact) mass is 528 g/mol. The van der Waals surface area contributed by atoms with Gasteiger partial charge in [0.1, 0.15) is 6.10 Å². The molecule has 0 amide bonds. The summed E-state index contributed by atoms with van der Waals surface area (Å²) in [6.07, 6.45) is 11.5. The molecular weight excluding hydrogens is 480 g/mol. The fourth-order valence-corrected chi connectivity index (χ4v) is 7.95. The van der Waals surface area contributed by atoms with E-state index >= 15 is 0 Å². The lowest BCUT2D eigenvalue weighted by Gasteiger charge is -2.61. The van der Waals surface area contributed by atoms with Gasteiger partial charge in [0.15, 0.2) is 5.78 Å². The van der Waals surface area contributed by atoms with Crippen LogP contribution in [0.3, 0.4) is 0 Å². The van der Waals surface area contributed by atoms with Crippen molar-refractivity contribution < 1.29 is 29.6 Å². The topological polar surface area (TPSA) is 104 Å². The number of carboxylic acid groups (broad SMARTS) is 1. The van der Waals surface area contributed by atoms with E-state index in [2.05, 4.69) is 13.8 Å². The van der Waals surface area contributed by atoms with Crippen molar-refractivity contribution in [3.63, 3.8) is 0 Å². The summed E-state index contributed by atoms with van der Waals surface area (Å²) in [5.74, 6) is -0.882. The van der Waals surface area contributed by atoms with E-state index in [1.165, 1.54) is 0 Å². The number of carboxylic acids is 1. The number of ketones is 1. The van der Waals surface area contributed by atoms with E-state index in [1.807, 2.05) is 51.2 Å². The molecule has 0 aromatic rings. The van der Waals surface area contributed by atoms with Crippen LogP contribution in [-0.2, 0) is 14.3 Å². The zero-order valence-electron chi connectivity index (χ0n) is 24.5. The minimum absolute atomic E-state index is 0.0586. The van der Waals surface area contributed by atoms with Crippen molar-refractivity contribution in [2.45, 2.75) is 105 Å². The highest BCUT2D eigenvalue weighted by atomic mass is 16.5. The first-order chi connectivity index (χ1) is 17.5. The molecule has 212 valence electrons. The van der Waals surface area contributed by atoms with Gasteiger partial charge in [-0.1, -0.05) is 49.8 Å². The lowest BCUT2D eigenvalue weighted by molar-refractivity contribution is -0.194. The third-order valence-corrected chi connectivity index (χ3v) is 10.1. The molecule has 0 heterocycles. The van der Waals surface area contributed by atoms with Crippen molar-refractivity contribution in [3.05, 3.63) is 47.1 Å². The predicted octanol–water partition coefficient (Wildman–Crippen LogP) is 5.79. The molecule has 3 rings (SSSR count). The van der Waals surface area contributed by atoms with Crippen molar-refractivity contribution >= 4 is 11.8 Å². The number of hydrogen-bond acceptors (Lipinski definition) is 5. The van der Waals surface area contributed by atoms with Crippen LogP contribution < -0.4 is 0 Å². The molecule has 0 radical (unpaired) electrons. The molecule has 0 bridgehead atoms. The number of allylic oxidation sites excluding steroid dienone is 7. The minimum Gasteiger partial charge on any atom is -0.481 e. The maximum absolute atomic E-state index is 13.5. The number of hydrogen-bond donors (Lipinski definition) is 3. The number of fused-ring (bicyclic) bond motifs is 3. The van der Waals surface area contributed by atoms with Gasteiger partial charge in [0.2, 0.25) is 0 Å². The number of carbonyl (C=O) groups is 2. The third kappa shape index (κ3) is 5.24. The number of carbonyl (C=O) groups excluding carboxylic acids is 1. The average Bonchev–Trinajstić information content (AvgIpc) is 3.09. The van der Waals surface area contributed by atoms with Crippen LogP contribution in [0.5, 0.6) is 0 Å². The molecule has 7 atom stereocenters. The van der Waals surface area contributed by atoms with E-state index in [1.54, 1.807) is 20.8 Å². The van der Waals surface area contributed by atoms with Crippen LogP contribution in [-0.4, -0.2) is 51.5 Å². The van der Waals surface area contributed by atoms with Crippen LogP contribution in [0.1, 0.15) is 87.5 Å². The minimum atomic E-state index is -1.19. The van der Waals surface area contributed by atoms with E-state index in [0.717, 1.165) is 29.6 Å². The second kappa shape index (κ2) is 10.9. The molecule has 6 nitrogen and oxygen atoms in total. The van der Waals surface area contributed by atoms with Gasteiger partial charge < -0.3 is 20.1 Å². The number of Topliss-reactive ketones (excluding diaryl/α,β-unsaturated/α-hetero) is 1. The Labute approximate surface area is 228 Å². The maximum atomic E-state index is 13.5. The van der Waals surface area contributed by atoms with Crippen molar-refractivity contribution in [1.29, 1.82) is 0 Å². The second-order valence-corrected chi connectivity index (χ2v) is 13.1. The van der Waals surface area contributed by atoms with Gasteiger partial charge in [-0.3, -0.25) is 9.59 Å². The van der Waals surface area contributed by atoms with E-state index in [0.29, 0.717) is 25.9 Å². The number of aliphatic hydroxyl groups is 2. The molecule has 1 unspecified atom stereocenters. The van der Waals surface area contributed by atoms with Crippen LogP contribution in [0.4, 0.5) is 0 Å². The third-order valence-electron chi connectivity index (χ3n) is 10.1. The number of aliphatic hydroxyl groups excluding tert-OH is 1. The molecule has 0 aliphatic heterocycles. The van der Waals surface area contributed by atoms with Gasteiger partial charge in [-0.15, -0.1) is 0 Å². The Kier molecular flexibility index (Phi) is 8.72. The van der Waals surface area contributed by atoms with Crippen LogP contribution in [0.25, 0.3) is 0 Å². The molecular formula is C32H48O6. The molecule has 3 aliphatic carbocycles. The van der Waals surface area contributed by atoms with E-state index in [4.69, 9.17) is 4.74 Å².